The van der Waals surface area contributed by atoms with Crippen LogP contribution in [0.2, 0.25) is 0 Å². The summed E-state index contributed by atoms with van der Waals surface area (Å²) in [5.41, 5.74) is 0. The maximum atomic E-state index is 5.53. The van der Waals surface area contributed by atoms with Crippen molar-refractivity contribution >= 4 is 0 Å². The SMILES string of the molecule is CCC1CNC(CC(C)C)CN1CCCCOCCOC. The van der Waals surface area contributed by atoms with Crippen molar-refractivity contribution in [1.82, 2.24) is 10.2 Å². The molecule has 1 saturated heterocycles. The van der Waals surface area contributed by atoms with Crippen LogP contribution in [0, 0.1) is 5.92 Å². The first-order chi connectivity index (χ1) is 10.2. The van der Waals surface area contributed by atoms with Crippen LogP contribution in [0.25, 0.3) is 0 Å². The molecule has 0 aliphatic carbocycles. The lowest BCUT2D eigenvalue weighted by Gasteiger charge is -2.40. The fourth-order valence-corrected chi connectivity index (χ4v) is 3.10. The standard InChI is InChI=1S/C17H36N2O2/c1-5-17-13-18-16(12-15(2)3)14-19(17)8-6-7-9-21-11-10-20-4/h15-18H,5-14H2,1-4H3. The van der Waals surface area contributed by atoms with Crippen LogP contribution in [-0.4, -0.2) is 63.5 Å². The highest BCUT2D eigenvalue weighted by Gasteiger charge is 2.26. The Morgan fingerprint density at radius 3 is 2.67 bits per heavy atom. The average Bonchev–Trinajstić information content (AvgIpc) is 2.46. The Balaban J connectivity index is 2.19. The van der Waals surface area contributed by atoms with Crippen LogP contribution < -0.4 is 5.32 Å². The summed E-state index contributed by atoms with van der Waals surface area (Å²) in [6.45, 7) is 12.8. The van der Waals surface area contributed by atoms with E-state index in [0.29, 0.717) is 18.7 Å². The lowest BCUT2D eigenvalue weighted by Crippen LogP contribution is -2.56. The van der Waals surface area contributed by atoms with Gasteiger partial charge < -0.3 is 14.8 Å². The highest BCUT2D eigenvalue weighted by Crippen LogP contribution is 2.15. The van der Waals surface area contributed by atoms with E-state index in [1.807, 2.05) is 0 Å². The minimum Gasteiger partial charge on any atom is -0.382 e. The van der Waals surface area contributed by atoms with Crippen molar-refractivity contribution < 1.29 is 9.47 Å². The van der Waals surface area contributed by atoms with Gasteiger partial charge >= 0.3 is 0 Å². The molecule has 0 aromatic heterocycles. The number of hydrogen-bond acceptors (Lipinski definition) is 4. The monoisotopic (exact) mass is 300 g/mol. The van der Waals surface area contributed by atoms with Gasteiger partial charge in [-0.3, -0.25) is 4.90 Å². The molecule has 1 rings (SSSR count). The van der Waals surface area contributed by atoms with Crippen LogP contribution in [0.5, 0.6) is 0 Å². The molecule has 1 fully saturated rings. The number of ether oxygens (including phenoxy) is 2. The molecule has 0 radical (unpaired) electrons. The average molecular weight is 300 g/mol. The molecular weight excluding hydrogens is 264 g/mol. The topological polar surface area (TPSA) is 33.7 Å². The molecule has 2 unspecified atom stereocenters. The van der Waals surface area contributed by atoms with Crippen molar-refractivity contribution in [3.63, 3.8) is 0 Å². The van der Waals surface area contributed by atoms with Gasteiger partial charge in [0.1, 0.15) is 0 Å². The first-order valence-electron chi connectivity index (χ1n) is 8.71. The van der Waals surface area contributed by atoms with E-state index >= 15 is 0 Å². The lowest BCUT2D eigenvalue weighted by molar-refractivity contribution is 0.0646. The quantitative estimate of drug-likeness (QED) is 0.595. The van der Waals surface area contributed by atoms with E-state index in [1.165, 1.54) is 32.4 Å². The molecule has 1 aliphatic rings. The summed E-state index contributed by atoms with van der Waals surface area (Å²) in [6, 6.07) is 1.38. The van der Waals surface area contributed by atoms with Crippen molar-refractivity contribution in [1.29, 1.82) is 0 Å². The third kappa shape index (κ3) is 8.15. The Hall–Kier alpha value is -0.160. The van der Waals surface area contributed by atoms with Crippen LogP contribution in [0.15, 0.2) is 0 Å². The largest absolute Gasteiger partial charge is 0.382 e. The minimum absolute atomic E-state index is 0.672. The Bertz CT molecular complexity index is 249. The maximum Gasteiger partial charge on any atom is 0.0700 e. The first kappa shape index (κ1) is 18.9. The van der Waals surface area contributed by atoms with Gasteiger partial charge in [-0.1, -0.05) is 20.8 Å². The number of rotatable bonds is 11. The van der Waals surface area contributed by atoms with Gasteiger partial charge in [-0.15, -0.1) is 0 Å². The van der Waals surface area contributed by atoms with Crippen molar-refractivity contribution in [2.75, 3.05) is 46.6 Å². The van der Waals surface area contributed by atoms with Gasteiger partial charge in [0.2, 0.25) is 0 Å². The van der Waals surface area contributed by atoms with Gasteiger partial charge in [-0.25, -0.2) is 0 Å². The highest BCUT2D eigenvalue weighted by molar-refractivity contribution is 4.85. The molecule has 4 nitrogen and oxygen atoms in total. The smallest absolute Gasteiger partial charge is 0.0700 e. The zero-order chi connectivity index (χ0) is 15.5. The fraction of sp³-hybridized carbons (Fsp3) is 1.00. The molecule has 0 spiro atoms. The molecular formula is C17H36N2O2. The molecule has 2 atom stereocenters. The van der Waals surface area contributed by atoms with Gasteiger partial charge in [0.05, 0.1) is 13.2 Å². The summed E-state index contributed by atoms with van der Waals surface area (Å²) in [4.78, 5) is 2.69. The summed E-state index contributed by atoms with van der Waals surface area (Å²) >= 11 is 0. The lowest BCUT2D eigenvalue weighted by atomic mass is 9.98. The van der Waals surface area contributed by atoms with Gasteiger partial charge in [-0.2, -0.15) is 0 Å². The Morgan fingerprint density at radius 2 is 2.00 bits per heavy atom. The second-order valence-corrected chi connectivity index (χ2v) is 6.60. The molecule has 21 heavy (non-hydrogen) atoms. The van der Waals surface area contributed by atoms with E-state index < -0.39 is 0 Å². The molecule has 4 heteroatoms. The van der Waals surface area contributed by atoms with Crippen molar-refractivity contribution in [2.24, 2.45) is 5.92 Å². The first-order valence-corrected chi connectivity index (χ1v) is 8.71. The molecule has 1 heterocycles. The maximum absolute atomic E-state index is 5.53. The van der Waals surface area contributed by atoms with E-state index in [0.717, 1.165) is 32.1 Å². The molecule has 126 valence electrons. The van der Waals surface area contributed by atoms with Crippen LogP contribution in [0.1, 0.15) is 46.5 Å². The molecule has 1 N–H and O–H groups in total. The number of nitrogens with one attached hydrogen (secondary N) is 1. The summed E-state index contributed by atoms with van der Waals surface area (Å²) in [5.74, 6) is 0.775. The fourth-order valence-electron chi connectivity index (χ4n) is 3.10. The van der Waals surface area contributed by atoms with Crippen molar-refractivity contribution in [3.05, 3.63) is 0 Å². The van der Waals surface area contributed by atoms with E-state index in [2.05, 4.69) is 31.0 Å². The van der Waals surface area contributed by atoms with Crippen LogP contribution in [0.4, 0.5) is 0 Å². The molecule has 0 aromatic rings. The molecule has 0 amide bonds. The van der Waals surface area contributed by atoms with Crippen LogP contribution >= 0.6 is 0 Å². The number of nitrogens with zero attached hydrogens (tertiary/aromatic N) is 1. The number of methoxy groups -OCH3 is 1. The Kier molecular flexibility index (Phi) is 10.3. The summed E-state index contributed by atoms with van der Waals surface area (Å²) in [7, 11) is 1.71. The normalized spacial score (nSPS) is 23.9. The summed E-state index contributed by atoms with van der Waals surface area (Å²) in [5, 5.41) is 3.73. The molecule has 0 bridgehead atoms. The van der Waals surface area contributed by atoms with E-state index in [4.69, 9.17) is 9.47 Å². The van der Waals surface area contributed by atoms with Gasteiger partial charge in [0.25, 0.3) is 0 Å². The summed E-state index contributed by atoms with van der Waals surface area (Å²) < 4.78 is 10.5. The number of unbranched alkanes of at least 4 members (excludes halogenated alkanes) is 1. The minimum atomic E-state index is 0.672. The van der Waals surface area contributed by atoms with Crippen molar-refractivity contribution in [2.45, 2.75) is 58.5 Å². The van der Waals surface area contributed by atoms with Gasteiger partial charge in [0.15, 0.2) is 0 Å². The van der Waals surface area contributed by atoms with E-state index in [1.54, 1.807) is 7.11 Å². The summed E-state index contributed by atoms with van der Waals surface area (Å²) in [6.07, 6.45) is 4.91. The molecule has 1 aliphatic heterocycles. The van der Waals surface area contributed by atoms with Gasteiger partial charge in [-0.05, 0) is 38.1 Å². The number of hydrogen-bond donors (Lipinski definition) is 1. The second-order valence-electron chi connectivity index (χ2n) is 6.60. The Labute approximate surface area is 131 Å². The van der Waals surface area contributed by atoms with E-state index in [-0.39, 0.29) is 0 Å². The molecule has 0 saturated carbocycles. The van der Waals surface area contributed by atoms with Gasteiger partial charge in [0, 0.05) is 38.9 Å². The zero-order valence-corrected chi connectivity index (χ0v) is 14.6. The second kappa shape index (κ2) is 11.4. The third-order valence-electron chi connectivity index (χ3n) is 4.26. The Morgan fingerprint density at radius 1 is 1.19 bits per heavy atom. The number of piperazine rings is 1. The third-order valence-corrected chi connectivity index (χ3v) is 4.26. The van der Waals surface area contributed by atoms with Crippen LogP contribution in [0.3, 0.4) is 0 Å². The predicted octanol–water partition coefficient (Wildman–Crippen LogP) is 2.53. The van der Waals surface area contributed by atoms with E-state index in [9.17, 15) is 0 Å². The molecule has 0 aromatic carbocycles. The highest BCUT2D eigenvalue weighted by atomic mass is 16.5. The van der Waals surface area contributed by atoms with Crippen LogP contribution in [-0.2, 0) is 9.47 Å². The van der Waals surface area contributed by atoms with Crippen molar-refractivity contribution in [3.8, 4) is 0 Å². The predicted molar refractivity (Wildman–Crippen MR) is 88.8 cm³/mol. The zero-order valence-electron chi connectivity index (χ0n) is 14.6.